The van der Waals surface area contributed by atoms with Crippen molar-refractivity contribution in [3.05, 3.63) is 34.8 Å². The summed E-state index contributed by atoms with van der Waals surface area (Å²) in [5.74, 6) is -0.129. The number of phenolic OH excluding ortho intramolecular Hbond substituents is 1. The summed E-state index contributed by atoms with van der Waals surface area (Å²) in [6, 6.07) is 6.70. The first kappa shape index (κ1) is 11.4. The lowest BCUT2D eigenvalue weighted by Gasteiger charge is -2.20. The van der Waals surface area contributed by atoms with E-state index < -0.39 is 11.3 Å². The molecule has 1 aromatic carbocycles. The van der Waals surface area contributed by atoms with Gasteiger partial charge in [-0.25, -0.2) is 4.79 Å². The van der Waals surface area contributed by atoms with Crippen LogP contribution in [-0.2, 0) is 5.54 Å². The quantitative estimate of drug-likeness (QED) is 0.819. The number of hydrogen-bond donors (Lipinski definition) is 1. The van der Waals surface area contributed by atoms with Crippen LogP contribution in [0.3, 0.4) is 0 Å². The van der Waals surface area contributed by atoms with Crippen molar-refractivity contribution in [3.63, 3.8) is 0 Å². The standard InChI is InChI=1S/C12H14N2O3/c1-12(2,3)14-10(13-17-11(14)16)8-6-4-5-7-9(8)15/h4-7,15H,1-3H3. The number of nitrogens with zero attached hydrogens (tertiary/aromatic N) is 2. The third-order valence-electron chi connectivity index (χ3n) is 2.42. The summed E-state index contributed by atoms with van der Waals surface area (Å²) in [6.07, 6.45) is 0. The van der Waals surface area contributed by atoms with Crippen LogP contribution < -0.4 is 5.76 Å². The van der Waals surface area contributed by atoms with Crippen molar-refractivity contribution in [2.24, 2.45) is 0 Å². The Bertz CT molecular complexity index is 590. The van der Waals surface area contributed by atoms with Gasteiger partial charge in [-0.1, -0.05) is 17.3 Å². The van der Waals surface area contributed by atoms with Crippen LogP contribution in [0.1, 0.15) is 20.8 Å². The Balaban J connectivity index is 2.71. The van der Waals surface area contributed by atoms with Gasteiger partial charge in [-0.15, -0.1) is 0 Å². The first-order valence-corrected chi connectivity index (χ1v) is 5.29. The average molecular weight is 234 g/mol. The van der Waals surface area contributed by atoms with Gasteiger partial charge >= 0.3 is 5.76 Å². The Morgan fingerprint density at radius 1 is 1.29 bits per heavy atom. The molecule has 0 radical (unpaired) electrons. The van der Waals surface area contributed by atoms with Gasteiger partial charge in [0.05, 0.1) is 5.56 Å². The van der Waals surface area contributed by atoms with E-state index in [9.17, 15) is 9.90 Å². The molecule has 0 saturated carbocycles. The van der Waals surface area contributed by atoms with E-state index in [1.54, 1.807) is 24.3 Å². The highest BCUT2D eigenvalue weighted by molar-refractivity contribution is 5.63. The van der Waals surface area contributed by atoms with Crippen molar-refractivity contribution in [2.75, 3.05) is 0 Å². The van der Waals surface area contributed by atoms with E-state index in [2.05, 4.69) is 9.68 Å². The highest BCUT2D eigenvalue weighted by Gasteiger charge is 2.24. The van der Waals surface area contributed by atoms with E-state index in [4.69, 9.17) is 0 Å². The van der Waals surface area contributed by atoms with Crippen LogP contribution >= 0.6 is 0 Å². The molecule has 90 valence electrons. The minimum Gasteiger partial charge on any atom is -0.507 e. The number of hydrogen-bond acceptors (Lipinski definition) is 4. The van der Waals surface area contributed by atoms with Gasteiger partial charge in [0.2, 0.25) is 0 Å². The monoisotopic (exact) mass is 234 g/mol. The molecule has 17 heavy (non-hydrogen) atoms. The number of benzene rings is 1. The summed E-state index contributed by atoms with van der Waals surface area (Å²) in [5, 5.41) is 13.5. The Kier molecular flexibility index (Phi) is 2.53. The topological polar surface area (TPSA) is 68.3 Å². The number of aromatic hydroxyl groups is 1. The summed E-state index contributed by atoms with van der Waals surface area (Å²) < 4.78 is 6.10. The minimum absolute atomic E-state index is 0.0683. The van der Waals surface area contributed by atoms with E-state index in [1.165, 1.54) is 4.57 Å². The molecule has 0 aliphatic heterocycles. The van der Waals surface area contributed by atoms with Crippen LogP contribution in [0.25, 0.3) is 11.4 Å². The second-order valence-electron chi connectivity index (χ2n) is 4.80. The summed E-state index contributed by atoms with van der Waals surface area (Å²) in [6.45, 7) is 5.61. The maximum absolute atomic E-state index is 11.6. The van der Waals surface area contributed by atoms with E-state index >= 15 is 0 Å². The maximum Gasteiger partial charge on any atom is 0.442 e. The molecule has 0 bridgehead atoms. The molecule has 5 nitrogen and oxygen atoms in total. The number of phenols is 1. The van der Waals surface area contributed by atoms with E-state index in [1.807, 2.05) is 20.8 Å². The predicted octanol–water partition coefficient (Wildman–Crippen LogP) is 1.96. The zero-order chi connectivity index (χ0) is 12.6. The Morgan fingerprint density at radius 2 is 1.94 bits per heavy atom. The van der Waals surface area contributed by atoms with E-state index in [-0.39, 0.29) is 5.75 Å². The average Bonchev–Trinajstić information content (AvgIpc) is 2.60. The highest BCUT2D eigenvalue weighted by Crippen LogP contribution is 2.29. The predicted molar refractivity (Wildman–Crippen MR) is 62.9 cm³/mol. The number of aromatic nitrogens is 2. The molecule has 1 N–H and O–H groups in total. The fourth-order valence-corrected chi connectivity index (χ4v) is 1.67. The Labute approximate surface area is 98.3 Å². The van der Waals surface area contributed by atoms with Crippen molar-refractivity contribution in [1.29, 1.82) is 0 Å². The van der Waals surface area contributed by atoms with Crippen molar-refractivity contribution < 1.29 is 9.63 Å². The summed E-state index contributed by atoms with van der Waals surface area (Å²) >= 11 is 0. The molecule has 1 aromatic heterocycles. The first-order chi connectivity index (χ1) is 7.91. The molecule has 5 heteroatoms. The second kappa shape index (κ2) is 3.76. The minimum atomic E-state index is -0.532. The maximum atomic E-state index is 11.6. The van der Waals surface area contributed by atoms with Gasteiger partial charge in [-0.05, 0) is 32.9 Å². The third kappa shape index (κ3) is 1.95. The zero-order valence-electron chi connectivity index (χ0n) is 9.97. The lowest BCUT2D eigenvalue weighted by Crippen LogP contribution is -2.31. The van der Waals surface area contributed by atoms with Crippen molar-refractivity contribution in [3.8, 4) is 17.1 Å². The van der Waals surface area contributed by atoms with Gasteiger partial charge in [-0.2, -0.15) is 0 Å². The molecule has 0 aliphatic rings. The molecule has 2 aromatic rings. The van der Waals surface area contributed by atoms with Gasteiger partial charge in [-0.3, -0.25) is 9.09 Å². The van der Waals surface area contributed by atoms with Crippen molar-refractivity contribution in [2.45, 2.75) is 26.3 Å². The molecule has 2 rings (SSSR count). The van der Waals surface area contributed by atoms with Gasteiger partial charge in [0.1, 0.15) is 5.75 Å². The van der Waals surface area contributed by atoms with Gasteiger partial charge in [0.25, 0.3) is 0 Å². The van der Waals surface area contributed by atoms with Crippen molar-refractivity contribution in [1.82, 2.24) is 9.72 Å². The molecular formula is C12H14N2O3. The molecule has 0 aliphatic carbocycles. The fraction of sp³-hybridized carbons (Fsp3) is 0.333. The molecule has 0 amide bonds. The molecular weight excluding hydrogens is 220 g/mol. The summed E-state index contributed by atoms with van der Waals surface area (Å²) in [7, 11) is 0. The highest BCUT2D eigenvalue weighted by atomic mass is 16.5. The first-order valence-electron chi connectivity index (χ1n) is 5.29. The molecule has 0 atom stereocenters. The second-order valence-corrected chi connectivity index (χ2v) is 4.80. The van der Waals surface area contributed by atoms with Crippen LogP contribution in [0.15, 0.2) is 33.6 Å². The Morgan fingerprint density at radius 3 is 2.53 bits per heavy atom. The van der Waals surface area contributed by atoms with Gasteiger partial charge in [0.15, 0.2) is 5.82 Å². The van der Waals surface area contributed by atoms with Gasteiger partial charge in [0, 0.05) is 5.54 Å². The van der Waals surface area contributed by atoms with Crippen LogP contribution in [0, 0.1) is 0 Å². The van der Waals surface area contributed by atoms with Crippen LogP contribution in [-0.4, -0.2) is 14.8 Å². The summed E-state index contributed by atoms with van der Waals surface area (Å²) in [4.78, 5) is 11.6. The lowest BCUT2D eigenvalue weighted by atomic mass is 10.1. The number of para-hydroxylation sites is 1. The molecule has 0 spiro atoms. The SMILES string of the molecule is CC(C)(C)n1c(-c2ccccc2O)noc1=O. The zero-order valence-corrected chi connectivity index (χ0v) is 9.97. The van der Waals surface area contributed by atoms with E-state index in [0.29, 0.717) is 11.4 Å². The van der Waals surface area contributed by atoms with Crippen LogP contribution in [0.4, 0.5) is 0 Å². The Hall–Kier alpha value is -2.04. The van der Waals surface area contributed by atoms with Crippen molar-refractivity contribution >= 4 is 0 Å². The smallest absolute Gasteiger partial charge is 0.442 e. The normalized spacial score (nSPS) is 11.7. The van der Waals surface area contributed by atoms with E-state index in [0.717, 1.165) is 0 Å². The fourth-order valence-electron chi connectivity index (χ4n) is 1.67. The summed E-state index contributed by atoms with van der Waals surface area (Å²) in [5.41, 5.74) is 0.0163. The van der Waals surface area contributed by atoms with Gasteiger partial charge < -0.3 is 5.11 Å². The number of rotatable bonds is 1. The lowest BCUT2D eigenvalue weighted by molar-refractivity contribution is 0.329. The molecule has 0 saturated heterocycles. The molecule has 1 heterocycles. The van der Waals surface area contributed by atoms with Crippen LogP contribution in [0.2, 0.25) is 0 Å². The molecule has 0 fully saturated rings. The van der Waals surface area contributed by atoms with Crippen LogP contribution in [0.5, 0.6) is 5.75 Å². The molecule has 0 unspecified atom stereocenters. The third-order valence-corrected chi connectivity index (χ3v) is 2.42. The largest absolute Gasteiger partial charge is 0.507 e.